The number of fused-ring (bicyclic) bond motifs is 9. The maximum atomic E-state index is 6.92. The summed E-state index contributed by atoms with van der Waals surface area (Å²) in [5.74, 6) is 0.658. The fourth-order valence-corrected chi connectivity index (χ4v) is 9.93. The van der Waals surface area contributed by atoms with Crippen molar-refractivity contribution < 1.29 is 4.42 Å². The molecule has 3 aromatic heterocycles. The second-order valence-electron chi connectivity index (χ2n) is 16.9. The second-order valence-corrected chi connectivity index (χ2v) is 16.9. The molecule has 0 amide bonds. The molecule has 4 heteroatoms. The molecule has 13 rings (SSSR count). The number of allylic oxidation sites excluding steroid dienone is 1. The van der Waals surface area contributed by atoms with E-state index in [0.717, 1.165) is 67.7 Å². The first-order valence-corrected chi connectivity index (χ1v) is 22.2. The molecule has 0 atom stereocenters. The smallest absolute Gasteiger partial charge is 0.160 e. The fourth-order valence-electron chi connectivity index (χ4n) is 9.93. The second kappa shape index (κ2) is 15.0. The Morgan fingerprint density at radius 1 is 0.400 bits per heavy atom. The Morgan fingerprint density at radius 3 is 1.83 bits per heavy atom. The molecule has 0 saturated carbocycles. The van der Waals surface area contributed by atoms with Crippen LogP contribution in [0.2, 0.25) is 0 Å². The van der Waals surface area contributed by atoms with Gasteiger partial charge in [0.2, 0.25) is 0 Å². The van der Waals surface area contributed by atoms with Gasteiger partial charge in [-0.05, 0) is 100.0 Å². The molecule has 4 nitrogen and oxygen atoms in total. The van der Waals surface area contributed by atoms with Crippen molar-refractivity contribution in [3.63, 3.8) is 0 Å². The van der Waals surface area contributed by atoms with E-state index in [1.165, 1.54) is 60.8 Å². The van der Waals surface area contributed by atoms with Gasteiger partial charge in [-0.1, -0.05) is 170 Å². The van der Waals surface area contributed by atoms with Crippen LogP contribution in [-0.4, -0.2) is 14.5 Å². The molecule has 0 aliphatic heterocycles. The van der Waals surface area contributed by atoms with E-state index in [4.69, 9.17) is 14.4 Å². The van der Waals surface area contributed by atoms with Crippen molar-refractivity contribution in [2.24, 2.45) is 0 Å². The molecule has 304 valence electrons. The Labute approximate surface area is 376 Å². The van der Waals surface area contributed by atoms with Crippen molar-refractivity contribution >= 4 is 55.4 Å². The standard InChI is InChI=1S/C61H39N3O/c1-4-15-39(16-5-1)55-38-56(40-17-6-2-7-18-40)63-61(62-55)45-29-31-51-52-25-14-24-49(60(52)65-59(51)37-45)46-33-43-19-10-11-22-48(43)53-35-41(27-28-44(53)34-46)42-30-32-58-54(36-42)50-23-12-13-26-57(50)64(58)47-20-8-3-9-21-47/h1-33,35-38H,34H2. The lowest BCUT2D eigenvalue weighted by Crippen LogP contribution is -1.95. The highest BCUT2D eigenvalue weighted by molar-refractivity contribution is 6.12. The van der Waals surface area contributed by atoms with Crippen LogP contribution in [0.4, 0.5) is 0 Å². The van der Waals surface area contributed by atoms with E-state index >= 15 is 0 Å². The SMILES string of the molecule is C1=C(c2cccc3c2oc2cc(-c4nc(-c5ccccc5)cc(-c5ccccc5)n4)ccc23)Cc2ccc(-c3ccc4c(c3)c3ccccc3n4-c3ccccc3)cc2-c2ccccc21. The molecule has 1 aliphatic rings. The van der Waals surface area contributed by atoms with Gasteiger partial charge >= 0.3 is 0 Å². The van der Waals surface area contributed by atoms with Crippen molar-refractivity contribution in [1.29, 1.82) is 0 Å². The van der Waals surface area contributed by atoms with Crippen LogP contribution < -0.4 is 0 Å². The Morgan fingerprint density at radius 2 is 1.03 bits per heavy atom. The highest BCUT2D eigenvalue weighted by atomic mass is 16.3. The topological polar surface area (TPSA) is 43.9 Å². The van der Waals surface area contributed by atoms with Crippen LogP contribution in [0.5, 0.6) is 0 Å². The average Bonchev–Trinajstić information content (AvgIpc) is 3.86. The molecule has 0 saturated heterocycles. The molecule has 1 aliphatic carbocycles. The van der Waals surface area contributed by atoms with Crippen molar-refractivity contribution in [2.75, 3.05) is 0 Å². The van der Waals surface area contributed by atoms with E-state index in [-0.39, 0.29) is 0 Å². The van der Waals surface area contributed by atoms with Crippen LogP contribution in [0.1, 0.15) is 16.7 Å². The van der Waals surface area contributed by atoms with E-state index in [1.54, 1.807) is 0 Å². The number of hydrogen-bond acceptors (Lipinski definition) is 3. The molecule has 9 aromatic carbocycles. The Balaban J connectivity index is 0.895. The van der Waals surface area contributed by atoms with Crippen LogP contribution in [-0.2, 0) is 6.42 Å². The minimum Gasteiger partial charge on any atom is -0.455 e. The van der Waals surface area contributed by atoms with Crippen LogP contribution in [0, 0.1) is 0 Å². The van der Waals surface area contributed by atoms with Crippen molar-refractivity contribution in [2.45, 2.75) is 6.42 Å². The molecule has 12 aromatic rings. The van der Waals surface area contributed by atoms with Gasteiger partial charge in [0.25, 0.3) is 0 Å². The first kappa shape index (κ1) is 37.0. The molecule has 0 radical (unpaired) electrons. The normalized spacial score (nSPS) is 12.3. The van der Waals surface area contributed by atoms with Crippen molar-refractivity contribution in [1.82, 2.24) is 14.5 Å². The summed E-state index contributed by atoms with van der Waals surface area (Å²) < 4.78 is 9.29. The number of rotatable bonds is 6. The lowest BCUT2D eigenvalue weighted by molar-refractivity contribution is 0.667. The zero-order valence-corrected chi connectivity index (χ0v) is 35.3. The monoisotopic (exact) mass is 829 g/mol. The first-order valence-electron chi connectivity index (χ1n) is 22.2. The molecular formula is C61H39N3O. The fraction of sp³-hybridized carbons (Fsp3) is 0.0164. The third-order valence-electron chi connectivity index (χ3n) is 13.1. The van der Waals surface area contributed by atoms with Gasteiger partial charge in [0.05, 0.1) is 22.4 Å². The molecule has 0 bridgehead atoms. The van der Waals surface area contributed by atoms with E-state index in [2.05, 4.69) is 193 Å². The molecular weight excluding hydrogens is 791 g/mol. The van der Waals surface area contributed by atoms with Gasteiger partial charge in [-0.3, -0.25) is 0 Å². The molecule has 3 heterocycles. The summed E-state index contributed by atoms with van der Waals surface area (Å²) >= 11 is 0. The Bertz CT molecular complexity index is 3780. The Hall–Kier alpha value is -8.60. The molecule has 0 fully saturated rings. The van der Waals surface area contributed by atoms with Crippen LogP contribution >= 0.6 is 0 Å². The van der Waals surface area contributed by atoms with Gasteiger partial charge in [-0.2, -0.15) is 0 Å². The highest BCUT2D eigenvalue weighted by Gasteiger charge is 2.22. The van der Waals surface area contributed by atoms with Crippen LogP contribution in [0.3, 0.4) is 0 Å². The number of furan rings is 1. The first-order chi connectivity index (χ1) is 32.2. The molecule has 65 heavy (non-hydrogen) atoms. The van der Waals surface area contributed by atoms with Gasteiger partial charge in [0.1, 0.15) is 11.2 Å². The molecule has 0 unspecified atom stereocenters. The summed E-state index contributed by atoms with van der Waals surface area (Å²) in [7, 11) is 0. The number of hydrogen-bond donors (Lipinski definition) is 0. The molecule has 0 N–H and O–H groups in total. The quantitative estimate of drug-likeness (QED) is 0.168. The lowest BCUT2D eigenvalue weighted by atomic mass is 9.91. The lowest BCUT2D eigenvalue weighted by Gasteiger charge is -2.13. The largest absolute Gasteiger partial charge is 0.455 e. The number of aromatic nitrogens is 3. The third-order valence-corrected chi connectivity index (χ3v) is 13.1. The predicted molar refractivity (Wildman–Crippen MR) is 269 cm³/mol. The maximum Gasteiger partial charge on any atom is 0.160 e. The van der Waals surface area contributed by atoms with E-state index in [9.17, 15) is 0 Å². The van der Waals surface area contributed by atoms with Gasteiger partial charge in [-0.15, -0.1) is 0 Å². The van der Waals surface area contributed by atoms with E-state index in [0.29, 0.717) is 5.82 Å². The zero-order chi connectivity index (χ0) is 42.8. The van der Waals surface area contributed by atoms with E-state index in [1.807, 2.05) is 36.4 Å². The summed E-state index contributed by atoms with van der Waals surface area (Å²) in [5.41, 5.74) is 19.7. The summed E-state index contributed by atoms with van der Waals surface area (Å²) in [6.45, 7) is 0. The third kappa shape index (κ3) is 6.30. The summed E-state index contributed by atoms with van der Waals surface area (Å²) in [4.78, 5) is 10.2. The van der Waals surface area contributed by atoms with Gasteiger partial charge in [0, 0.05) is 49.5 Å². The summed E-state index contributed by atoms with van der Waals surface area (Å²) in [5, 5.41) is 4.65. The summed E-state index contributed by atoms with van der Waals surface area (Å²) in [6, 6.07) is 77.7. The molecule has 0 spiro atoms. The minimum atomic E-state index is 0.658. The number of benzene rings is 9. The summed E-state index contributed by atoms with van der Waals surface area (Å²) in [6.07, 6.45) is 3.12. The maximum absolute atomic E-state index is 6.92. The average molecular weight is 830 g/mol. The Kier molecular flexibility index (Phi) is 8.56. The van der Waals surface area contributed by atoms with E-state index < -0.39 is 0 Å². The minimum absolute atomic E-state index is 0.658. The predicted octanol–water partition coefficient (Wildman–Crippen LogP) is 15.9. The van der Waals surface area contributed by atoms with Crippen molar-refractivity contribution in [3.8, 4) is 61.8 Å². The van der Waals surface area contributed by atoms with Gasteiger partial charge in [-0.25, -0.2) is 9.97 Å². The van der Waals surface area contributed by atoms with Crippen LogP contribution in [0.15, 0.2) is 223 Å². The zero-order valence-electron chi connectivity index (χ0n) is 35.3. The highest BCUT2D eigenvalue weighted by Crippen LogP contribution is 2.43. The van der Waals surface area contributed by atoms with Gasteiger partial charge in [0.15, 0.2) is 5.82 Å². The van der Waals surface area contributed by atoms with Crippen LogP contribution in [0.25, 0.3) is 117 Å². The van der Waals surface area contributed by atoms with Gasteiger partial charge < -0.3 is 8.98 Å². The van der Waals surface area contributed by atoms with Crippen molar-refractivity contribution in [3.05, 3.63) is 235 Å². The number of para-hydroxylation sites is 3. The number of nitrogens with zero attached hydrogens (tertiary/aromatic N) is 3.